The topological polar surface area (TPSA) is 62.5 Å². The predicted molar refractivity (Wildman–Crippen MR) is 136 cm³/mol. The molecule has 2 heterocycles. The molecule has 2 aromatic heterocycles. The van der Waals surface area contributed by atoms with E-state index in [1.807, 2.05) is 0 Å². The average Bonchev–Trinajstić information content (AvgIpc) is 3.37. The Balaban J connectivity index is 1.88. The number of nitriles is 1. The first kappa shape index (κ1) is 13.4. The SMILES string of the molecule is [2H]C([2H])([2H])c1ccc(-c2cc(C([2H])([2H])[2H])c(C([2H])([2H])[2H])cn2)cc1-c1ccc(-c2nnc([Si](C)(C)C)s2)c(C#N)c1. The van der Waals surface area contributed by atoms with E-state index in [0.717, 1.165) is 10.8 Å². The van der Waals surface area contributed by atoms with Crippen LogP contribution in [0.5, 0.6) is 0 Å². The molecule has 4 rings (SSSR count). The van der Waals surface area contributed by atoms with Crippen molar-refractivity contribution in [2.75, 3.05) is 0 Å². The van der Waals surface area contributed by atoms with Crippen molar-refractivity contribution in [3.8, 4) is 39.0 Å². The van der Waals surface area contributed by atoms with Crippen molar-refractivity contribution >= 4 is 24.0 Å². The smallest absolute Gasteiger partial charge is 0.148 e. The third kappa shape index (κ3) is 4.27. The van der Waals surface area contributed by atoms with E-state index in [1.54, 1.807) is 24.3 Å². The summed E-state index contributed by atoms with van der Waals surface area (Å²) >= 11 is 1.44. The van der Waals surface area contributed by atoms with Gasteiger partial charge in [0, 0.05) is 29.7 Å². The van der Waals surface area contributed by atoms with E-state index in [0.29, 0.717) is 32.8 Å². The van der Waals surface area contributed by atoms with Crippen molar-refractivity contribution < 1.29 is 12.3 Å². The van der Waals surface area contributed by atoms with Gasteiger partial charge in [0.2, 0.25) is 0 Å². The predicted octanol–water partition coefficient (Wildman–Crippen LogP) is 6.28. The Bertz CT molecular complexity index is 1660. The highest BCUT2D eigenvalue weighted by molar-refractivity contribution is 7.27. The summed E-state index contributed by atoms with van der Waals surface area (Å²) in [4.78, 5) is 4.21. The second-order valence-corrected chi connectivity index (χ2v) is 14.7. The molecule has 0 aliphatic heterocycles. The summed E-state index contributed by atoms with van der Waals surface area (Å²) in [6, 6.07) is 12.9. The van der Waals surface area contributed by atoms with Crippen LogP contribution in [0.25, 0.3) is 33.0 Å². The molecule has 32 heavy (non-hydrogen) atoms. The van der Waals surface area contributed by atoms with E-state index < -0.39 is 28.6 Å². The molecule has 0 radical (unpaired) electrons. The molecule has 0 N–H and O–H groups in total. The zero-order chi connectivity index (χ0) is 30.5. The van der Waals surface area contributed by atoms with Gasteiger partial charge in [0.25, 0.3) is 0 Å². The minimum absolute atomic E-state index is 0.0324. The molecule has 0 aliphatic rings. The molecule has 0 saturated heterocycles. The minimum Gasteiger partial charge on any atom is -0.256 e. The van der Waals surface area contributed by atoms with Crippen LogP contribution in [0.3, 0.4) is 0 Å². The van der Waals surface area contributed by atoms with Gasteiger partial charge in [0.1, 0.15) is 13.1 Å². The molecule has 0 saturated carbocycles. The lowest BCUT2D eigenvalue weighted by Crippen LogP contribution is -2.37. The summed E-state index contributed by atoms with van der Waals surface area (Å²) in [6.07, 6.45) is 1.03. The van der Waals surface area contributed by atoms with Crippen LogP contribution in [-0.4, -0.2) is 23.3 Å². The molecule has 0 amide bonds. The molecular weight excluding hydrogens is 428 g/mol. The maximum atomic E-state index is 9.97. The number of rotatable bonds is 4. The van der Waals surface area contributed by atoms with Crippen molar-refractivity contribution in [1.82, 2.24) is 15.2 Å². The largest absolute Gasteiger partial charge is 0.256 e. The van der Waals surface area contributed by atoms with Crippen molar-refractivity contribution in [2.45, 2.75) is 40.2 Å². The highest BCUT2D eigenvalue weighted by Gasteiger charge is 2.23. The Morgan fingerprint density at radius 1 is 0.875 bits per heavy atom. The number of nitrogens with zero attached hydrogens (tertiary/aromatic N) is 4. The molecule has 0 bridgehead atoms. The highest BCUT2D eigenvalue weighted by Crippen LogP contribution is 2.33. The first-order chi connectivity index (χ1) is 18.8. The van der Waals surface area contributed by atoms with Gasteiger partial charge < -0.3 is 0 Å². The molecular formula is C26H26N4SSi. The summed E-state index contributed by atoms with van der Waals surface area (Å²) in [5.41, 5.74) is 1.53. The van der Waals surface area contributed by atoms with E-state index in [1.165, 1.54) is 29.5 Å². The van der Waals surface area contributed by atoms with Gasteiger partial charge in [-0.2, -0.15) is 5.26 Å². The number of aromatic nitrogens is 3. The van der Waals surface area contributed by atoms with Gasteiger partial charge in [0.15, 0.2) is 0 Å². The molecule has 0 fully saturated rings. The Kier molecular flexibility index (Phi) is 3.53. The second kappa shape index (κ2) is 8.42. The van der Waals surface area contributed by atoms with Crippen LogP contribution in [-0.2, 0) is 0 Å². The van der Waals surface area contributed by atoms with E-state index in [2.05, 4.69) is 40.9 Å². The quantitative estimate of drug-likeness (QED) is 0.334. The number of pyridine rings is 1. The summed E-state index contributed by atoms with van der Waals surface area (Å²) in [6.45, 7) is -1.41. The van der Waals surface area contributed by atoms with Crippen molar-refractivity contribution in [2.24, 2.45) is 0 Å². The second-order valence-electron chi connectivity index (χ2n) is 8.41. The Hall–Kier alpha value is -3.14. The van der Waals surface area contributed by atoms with Crippen LogP contribution in [0.4, 0.5) is 0 Å². The lowest BCUT2D eigenvalue weighted by Gasteiger charge is -2.12. The van der Waals surface area contributed by atoms with Gasteiger partial charge in [-0.15, -0.1) is 21.5 Å². The molecule has 4 aromatic rings. The van der Waals surface area contributed by atoms with E-state index in [4.69, 9.17) is 12.3 Å². The van der Waals surface area contributed by atoms with Crippen LogP contribution in [0.1, 0.15) is 34.6 Å². The van der Waals surface area contributed by atoms with Crippen molar-refractivity contribution in [3.05, 3.63) is 70.9 Å². The molecule has 6 heteroatoms. The Labute approximate surface area is 207 Å². The third-order valence-corrected chi connectivity index (χ3v) is 9.26. The molecule has 0 atom stereocenters. The maximum absolute atomic E-state index is 9.97. The molecule has 0 aliphatic carbocycles. The first-order valence-electron chi connectivity index (χ1n) is 14.4. The molecule has 4 nitrogen and oxygen atoms in total. The van der Waals surface area contributed by atoms with Crippen LogP contribution in [0.15, 0.2) is 48.7 Å². The van der Waals surface area contributed by atoms with Crippen LogP contribution in [0.2, 0.25) is 19.6 Å². The zero-order valence-electron chi connectivity index (χ0n) is 26.8. The van der Waals surface area contributed by atoms with E-state index >= 15 is 0 Å². The molecule has 0 unspecified atom stereocenters. The summed E-state index contributed by atoms with van der Waals surface area (Å²) in [5, 5.41) is 19.2. The average molecular weight is 464 g/mol. The minimum atomic E-state index is -2.71. The molecule has 2 aromatic carbocycles. The fourth-order valence-corrected chi connectivity index (χ4v) is 5.68. The number of aryl methyl sites for hydroxylation is 3. The van der Waals surface area contributed by atoms with Crippen LogP contribution < -0.4 is 4.63 Å². The lowest BCUT2D eigenvalue weighted by atomic mass is 9.94. The number of hydrogen-bond donors (Lipinski definition) is 0. The van der Waals surface area contributed by atoms with Crippen molar-refractivity contribution in [3.63, 3.8) is 0 Å². The Morgan fingerprint density at radius 3 is 2.34 bits per heavy atom. The fourth-order valence-electron chi connectivity index (χ4n) is 3.18. The van der Waals surface area contributed by atoms with Gasteiger partial charge >= 0.3 is 0 Å². The van der Waals surface area contributed by atoms with Gasteiger partial charge in [0.05, 0.1) is 22.0 Å². The first-order valence-corrected chi connectivity index (χ1v) is 14.2. The highest BCUT2D eigenvalue weighted by atomic mass is 32.1. The summed E-state index contributed by atoms with van der Waals surface area (Å²) < 4.78 is 71.9. The van der Waals surface area contributed by atoms with Crippen LogP contribution >= 0.6 is 11.3 Å². The molecule has 160 valence electrons. The number of hydrogen-bond acceptors (Lipinski definition) is 5. The molecule has 0 spiro atoms. The van der Waals surface area contributed by atoms with E-state index in [-0.39, 0.29) is 22.4 Å². The number of benzene rings is 2. The van der Waals surface area contributed by atoms with Gasteiger partial charge in [-0.25, -0.2) is 0 Å². The maximum Gasteiger partial charge on any atom is 0.148 e. The standard InChI is InChI=1S/C26H26N4SSi/c1-16-7-8-20(24-11-17(2)18(3)15-28-24)13-23(16)19-9-10-22(21(12-19)14-27)25-29-30-26(31-25)32(4,5)6/h7-13,15H,1-6H3/i1D3,2D3,3D3. The van der Waals surface area contributed by atoms with Gasteiger partial charge in [-0.3, -0.25) is 4.98 Å². The van der Waals surface area contributed by atoms with Gasteiger partial charge in [-0.1, -0.05) is 37.8 Å². The van der Waals surface area contributed by atoms with E-state index in [9.17, 15) is 5.26 Å². The fraction of sp³-hybridized carbons (Fsp3) is 0.231. The summed E-state index contributed by atoms with van der Waals surface area (Å²) in [7, 11) is -1.71. The third-order valence-electron chi connectivity index (χ3n) is 4.97. The Morgan fingerprint density at radius 2 is 1.66 bits per heavy atom. The monoisotopic (exact) mass is 463 g/mol. The lowest BCUT2D eigenvalue weighted by molar-refractivity contribution is 1.11. The summed E-state index contributed by atoms with van der Waals surface area (Å²) in [5.74, 6) is 0. The van der Waals surface area contributed by atoms with Crippen LogP contribution in [0, 0.1) is 31.9 Å². The zero-order valence-corrected chi connectivity index (χ0v) is 19.6. The van der Waals surface area contributed by atoms with Gasteiger partial charge in [-0.05, 0) is 72.6 Å². The normalized spacial score (nSPS) is 16.8. The van der Waals surface area contributed by atoms with Crippen molar-refractivity contribution in [1.29, 1.82) is 5.26 Å².